The number of rotatable bonds is 19. The first-order valence-electron chi connectivity index (χ1n) is 10.7. The molecule has 0 saturated heterocycles. The fraction of sp³-hybridized carbons (Fsp3) is 1.00. The first-order valence-corrected chi connectivity index (χ1v) is 18.0. The van der Waals surface area contributed by atoms with Crippen molar-refractivity contribution in [3.05, 3.63) is 0 Å². The van der Waals surface area contributed by atoms with Crippen molar-refractivity contribution in [2.75, 3.05) is 17.3 Å². The Morgan fingerprint density at radius 1 is 0.458 bits per heavy atom. The zero-order valence-corrected chi connectivity index (χ0v) is 20.5. The SMILES string of the molecule is CCCCCCS[Si](CC)(SCCCCCC)SCCCCCC. The molecule has 0 aromatic heterocycles. The molecule has 0 bridgehead atoms. The molecular formula is C20H44S3Si. The van der Waals surface area contributed by atoms with Crippen LogP contribution in [0.1, 0.15) is 105 Å². The summed E-state index contributed by atoms with van der Waals surface area (Å²) in [6.45, 7) is 9.42. The lowest BCUT2D eigenvalue weighted by molar-refractivity contribution is 0.706. The summed E-state index contributed by atoms with van der Waals surface area (Å²) in [6.07, 6.45) is 17.0. The van der Waals surface area contributed by atoms with Gasteiger partial charge in [0, 0.05) is 0 Å². The summed E-state index contributed by atoms with van der Waals surface area (Å²) in [6, 6.07) is 1.45. The van der Waals surface area contributed by atoms with Gasteiger partial charge in [0.05, 0.1) is 0 Å². The Balaban J connectivity index is 4.23. The lowest BCUT2D eigenvalue weighted by Gasteiger charge is -2.29. The van der Waals surface area contributed by atoms with Crippen LogP contribution in [-0.4, -0.2) is 22.8 Å². The minimum atomic E-state index is -1.20. The molecule has 4 heteroatoms. The third kappa shape index (κ3) is 14.4. The van der Waals surface area contributed by atoms with Crippen molar-refractivity contribution < 1.29 is 0 Å². The summed E-state index contributed by atoms with van der Waals surface area (Å²) in [7, 11) is 0. The summed E-state index contributed by atoms with van der Waals surface area (Å²) < 4.78 is 0. The van der Waals surface area contributed by atoms with Gasteiger partial charge in [-0.05, 0) is 42.6 Å². The largest absolute Gasteiger partial charge is 0.237 e. The van der Waals surface area contributed by atoms with E-state index in [0.29, 0.717) is 0 Å². The smallest absolute Gasteiger partial charge is 0.162 e. The summed E-state index contributed by atoms with van der Waals surface area (Å²) in [5.41, 5.74) is -1.20. The average Bonchev–Trinajstić information content (AvgIpc) is 2.60. The van der Waals surface area contributed by atoms with Crippen LogP contribution in [0.15, 0.2) is 0 Å². The van der Waals surface area contributed by atoms with Crippen molar-refractivity contribution >= 4 is 39.2 Å². The molecule has 0 N–H and O–H groups in total. The summed E-state index contributed by atoms with van der Waals surface area (Å²) in [5, 5.41) is 0. The Labute approximate surface area is 166 Å². The van der Waals surface area contributed by atoms with Gasteiger partial charge in [0.1, 0.15) is 0 Å². The first-order chi connectivity index (χ1) is 11.7. The van der Waals surface area contributed by atoms with E-state index in [1.165, 1.54) is 100 Å². The van der Waals surface area contributed by atoms with E-state index in [-0.39, 0.29) is 0 Å². The molecule has 0 aliphatic heterocycles. The highest BCUT2D eigenvalue weighted by atomic mass is 32.8. The Kier molecular flexibility index (Phi) is 20.0. The summed E-state index contributed by atoms with van der Waals surface area (Å²) in [5.74, 6) is 4.26. The highest BCUT2D eigenvalue weighted by molar-refractivity contribution is 8.81. The molecular weight excluding hydrogens is 365 g/mol. The topological polar surface area (TPSA) is 0 Å². The van der Waals surface area contributed by atoms with Crippen LogP contribution in [0.25, 0.3) is 0 Å². The molecule has 24 heavy (non-hydrogen) atoms. The number of hydrogen-bond acceptors (Lipinski definition) is 3. The molecule has 146 valence electrons. The molecule has 0 nitrogen and oxygen atoms in total. The van der Waals surface area contributed by atoms with E-state index in [9.17, 15) is 0 Å². The van der Waals surface area contributed by atoms with Gasteiger partial charge in [-0.2, -0.15) is 33.6 Å². The molecule has 0 heterocycles. The summed E-state index contributed by atoms with van der Waals surface area (Å²) in [4.78, 5) is 0. The van der Waals surface area contributed by atoms with Gasteiger partial charge in [0.15, 0.2) is 0 Å². The molecule has 0 saturated carbocycles. The van der Waals surface area contributed by atoms with Crippen LogP contribution in [0.4, 0.5) is 0 Å². The zero-order valence-electron chi connectivity index (χ0n) is 17.0. The van der Waals surface area contributed by atoms with E-state index in [0.717, 1.165) is 0 Å². The summed E-state index contributed by atoms with van der Waals surface area (Å²) >= 11 is 7.24. The second-order valence-corrected chi connectivity index (χ2v) is 22.1. The lowest BCUT2D eigenvalue weighted by Crippen LogP contribution is -2.23. The van der Waals surface area contributed by atoms with Crippen LogP contribution < -0.4 is 0 Å². The van der Waals surface area contributed by atoms with Crippen LogP contribution in [-0.2, 0) is 0 Å². The van der Waals surface area contributed by atoms with Crippen LogP contribution in [0.3, 0.4) is 0 Å². The fourth-order valence-electron chi connectivity index (χ4n) is 2.70. The van der Waals surface area contributed by atoms with Crippen LogP contribution in [0, 0.1) is 0 Å². The van der Waals surface area contributed by atoms with Crippen molar-refractivity contribution in [2.24, 2.45) is 0 Å². The molecule has 0 aliphatic rings. The molecule has 0 amide bonds. The highest BCUT2D eigenvalue weighted by Gasteiger charge is 2.33. The monoisotopic (exact) mass is 408 g/mol. The van der Waals surface area contributed by atoms with Crippen LogP contribution in [0.2, 0.25) is 6.04 Å². The minimum Gasteiger partial charge on any atom is -0.162 e. The van der Waals surface area contributed by atoms with Gasteiger partial charge in [-0.15, -0.1) is 0 Å². The molecule has 0 fully saturated rings. The van der Waals surface area contributed by atoms with Crippen molar-refractivity contribution in [2.45, 2.75) is 111 Å². The minimum absolute atomic E-state index is 1.20. The Morgan fingerprint density at radius 3 is 1.04 bits per heavy atom. The lowest BCUT2D eigenvalue weighted by atomic mass is 10.2. The predicted molar refractivity (Wildman–Crippen MR) is 126 cm³/mol. The Hall–Kier alpha value is 1.27. The Bertz CT molecular complexity index is 213. The van der Waals surface area contributed by atoms with Gasteiger partial charge in [0.25, 0.3) is 0 Å². The maximum Gasteiger partial charge on any atom is 0.237 e. The van der Waals surface area contributed by atoms with E-state index < -0.39 is 5.52 Å². The van der Waals surface area contributed by atoms with E-state index >= 15 is 0 Å². The fourth-order valence-corrected chi connectivity index (χ4v) is 19.0. The maximum atomic E-state index is 2.48. The number of hydrogen-bond donors (Lipinski definition) is 0. The van der Waals surface area contributed by atoms with E-state index in [4.69, 9.17) is 0 Å². The molecule has 0 rings (SSSR count). The Morgan fingerprint density at radius 2 is 0.792 bits per heavy atom. The third-order valence-corrected chi connectivity index (χ3v) is 22.8. The second-order valence-electron chi connectivity index (χ2n) is 6.76. The predicted octanol–water partition coefficient (Wildman–Crippen LogP) is 8.89. The molecule has 0 aromatic carbocycles. The van der Waals surface area contributed by atoms with Crippen molar-refractivity contribution in [3.63, 3.8) is 0 Å². The molecule has 0 aliphatic carbocycles. The number of unbranched alkanes of at least 4 members (excludes halogenated alkanes) is 9. The van der Waals surface area contributed by atoms with Crippen LogP contribution in [0.5, 0.6) is 0 Å². The van der Waals surface area contributed by atoms with Crippen molar-refractivity contribution in [1.29, 1.82) is 0 Å². The molecule has 0 atom stereocenters. The van der Waals surface area contributed by atoms with Gasteiger partial charge in [-0.1, -0.05) is 85.5 Å². The quantitative estimate of drug-likeness (QED) is 0.155. The molecule has 0 radical (unpaired) electrons. The molecule has 0 unspecified atom stereocenters. The zero-order chi connectivity index (χ0) is 17.9. The average molecular weight is 409 g/mol. The normalized spacial score (nSPS) is 12.0. The van der Waals surface area contributed by atoms with Crippen molar-refractivity contribution in [1.82, 2.24) is 0 Å². The van der Waals surface area contributed by atoms with Gasteiger partial charge in [0.2, 0.25) is 5.52 Å². The van der Waals surface area contributed by atoms with Gasteiger partial charge < -0.3 is 0 Å². The van der Waals surface area contributed by atoms with E-state index in [1.54, 1.807) is 0 Å². The maximum absolute atomic E-state index is 2.48. The van der Waals surface area contributed by atoms with Crippen molar-refractivity contribution in [3.8, 4) is 0 Å². The van der Waals surface area contributed by atoms with Gasteiger partial charge in [-0.3, -0.25) is 0 Å². The molecule has 0 spiro atoms. The standard InChI is InChI=1S/C20H44S3Si/c1-5-9-12-15-18-21-24(8-4,22-19-16-13-10-6-2)23-20-17-14-11-7-3/h5-20H2,1-4H3. The molecule has 0 aromatic rings. The second kappa shape index (κ2) is 19.0. The third-order valence-electron chi connectivity index (χ3n) is 4.39. The van der Waals surface area contributed by atoms with Gasteiger partial charge >= 0.3 is 0 Å². The van der Waals surface area contributed by atoms with E-state index in [1.807, 2.05) is 0 Å². The first kappa shape index (κ1) is 25.3. The van der Waals surface area contributed by atoms with Gasteiger partial charge in [-0.25, -0.2) is 0 Å². The highest BCUT2D eigenvalue weighted by Crippen LogP contribution is 2.46. The van der Waals surface area contributed by atoms with E-state index in [2.05, 4.69) is 61.3 Å². The van der Waals surface area contributed by atoms with Crippen LogP contribution >= 0.6 is 33.6 Å².